The van der Waals surface area contributed by atoms with Gasteiger partial charge in [0.2, 0.25) is 5.78 Å². The van der Waals surface area contributed by atoms with Crippen LogP contribution in [-0.2, 0) is 4.74 Å². The van der Waals surface area contributed by atoms with Gasteiger partial charge in [0.1, 0.15) is 0 Å². The summed E-state index contributed by atoms with van der Waals surface area (Å²) in [5, 5.41) is 0.537. The number of ether oxygens (including phenoxy) is 1. The minimum atomic E-state index is -0.837. The summed E-state index contributed by atoms with van der Waals surface area (Å²) in [5.74, 6) is -0.767. The van der Waals surface area contributed by atoms with Crippen molar-refractivity contribution in [2.24, 2.45) is 0 Å². The Labute approximate surface area is 128 Å². The highest BCUT2D eigenvalue weighted by Crippen LogP contribution is 2.13. The third-order valence-corrected chi connectivity index (χ3v) is 3.32. The zero-order valence-electron chi connectivity index (χ0n) is 11.8. The Kier molecular flexibility index (Phi) is 4.76. The fraction of sp³-hybridized carbons (Fsp3) is 0.176. The van der Waals surface area contributed by atoms with E-state index >= 15 is 0 Å². The second kappa shape index (κ2) is 6.55. The van der Waals surface area contributed by atoms with Crippen molar-refractivity contribution in [3.63, 3.8) is 0 Å². The molecule has 0 saturated carbocycles. The van der Waals surface area contributed by atoms with Gasteiger partial charge in [-0.15, -0.1) is 0 Å². The number of hydrogen-bond acceptors (Lipinski definition) is 3. The molecule has 2 aromatic rings. The summed E-state index contributed by atoms with van der Waals surface area (Å²) in [4.78, 5) is 24.1. The molecule has 0 aliphatic rings. The smallest absolute Gasteiger partial charge is 0.338 e. The zero-order chi connectivity index (χ0) is 15.4. The molecule has 21 heavy (non-hydrogen) atoms. The Hall–Kier alpha value is -2.13. The highest BCUT2D eigenvalue weighted by molar-refractivity contribution is 6.30. The van der Waals surface area contributed by atoms with Gasteiger partial charge in [-0.2, -0.15) is 0 Å². The molecule has 0 aromatic heterocycles. The molecule has 0 unspecified atom stereocenters. The van der Waals surface area contributed by atoms with Crippen LogP contribution in [0.5, 0.6) is 0 Å². The van der Waals surface area contributed by atoms with Crippen LogP contribution in [0, 0.1) is 6.92 Å². The van der Waals surface area contributed by atoms with E-state index < -0.39 is 12.1 Å². The normalized spacial score (nSPS) is 11.8. The molecular weight excluding hydrogens is 288 g/mol. The Morgan fingerprint density at radius 2 is 1.48 bits per heavy atom. The predicted octanol–water partition coefficient (Wildman–Crippen LogP) is 4.08. The molecule has 0 bridgehead atoms. The number of hydrogen-bond donors (Lipinski definition) is 0. The van der Waals surface area contributed by atoms with Crippen molar-refractivity contribution in [2.75, 3.05) is 0 Å². The van der Waals surface area contributed by atoms with Gasteiger partial charge in [0, 0.05) is 10.6 Å². The van der Waals surface area contributed by atoms with Crippen LogP contribution >= 0.6 is 11.6 Å². The first-order chi connectivity index (χ1) is 9.97. The first kappa shape index (κ1) is 15.3. The SMILES string of the molecule is Cc1ccc(C(=O)[C@H](C)OC(=O)c2ccc(Cl)cc2)cc1. The maximum absolute atomic E-state index is 12.2. The van der Waals surface area contributed by atoms with Gasteiger partial charge in [0.15, 0.2) is 6.10 Å². The maximum atomic E-state index is 12.2. The van der Waals surface area contributed by atoms with Gasteiger partial charge in [-0.3, -0.25) is 4.79 Å². The van der Waals surface area contributed by atoms with Crippen LogP contribution in [-0.4, -0.2) is 17.9 Å². The highest BCUT2D eigenvalue weighted by Gasteiger charge is 2.20. The summed E-state index contributed by atoms with van der Waals surface area (Å²) < 4.78 is 5.19. The molecule has 0 aliphatic carbocycles. The van der Waals surface area contributed by atoms with Gasteiger partial charge in [-0.05, 0) is 38.1 Å². The maximum Gasteiger partial charge on any atom is 0.338 e. The van der Waals surface area contributed by atoms with Gasteiger partial charge < -0.3 is 4.74 Å². The molecule has 0 spiro atoms. The molecule has 4 heteroatoms. The second-order valence-corrected chi connectivity index (χ2v) is 5.22. The average molecular weight is 303 g/mol. The van der Waals surface area contributed by atoms with Gasteiger partial charge in [-0.25, -0.2) is 4.79 Å². The summed E-state index contributed by atoms with van der Waals surface area (Å²) >= 11 is 5.76. The van der Waals surface area contributed by atoms with Gasteiger partial charge in [0.25, 0.3) is 0 Å². The molecule has 2 aromatic carbocycles. The van der Waals surface area contributed by atoms with Gasteiger partial charge >= 0.3 is 5.97 Å². The Morgan fingerprint density at radius 1 is 0.952 bits per heavy atom. The van der Waals surface area contributed by atoms with Crippen molar-refractivity contribution in [2.45, 2.75) is 20.0 Å². The molecule has 0 saturated heterocycles. The van der Waals surface area contributed by atoms with Crippen LogP contribution in [0.4, 0.5) is 0 Å². The molecular formula is C17H15ClO3. The minimum Gasteiger partial charge on any atom is -0.451 e. The zero-order valence-corrected chi connectivity index (χ0v) is 12.6. The van der Waals surface area contributed by atoms with Crippen molar-refractivity contribution < 1.29 is 14.3 Å². The fourth-order valence-corrected chi connectivity index (χ4v) is 1.95. The Bertz CT molecular complexity index is 645. The molecule has 0 radical (unpaired) electrons. The molecule has 1 atom stereocenters. The largest absolute Gasteiger partial charge is 0.451 e. The van der Waals surface area contributed by atoms with Crippen molar-refractivity contribution in [3.8, 4) is 0 Å². The van der Waals surface area contributed by atoms with E-state index in [1.807, 2.05) is 19.1 Å². The Balaban J connectivity index is 2.05. The summed E-state index contributed by atoms with van der Waals surface area (Å²) in [7, 11) is 0. The van der Waals surface area contributed by atoms with Crippen LogP contribution in [0.2, 0.25) is 5.02 Å². The number of Topliss-reactive ketones (excluding diaryl/α,β-unsaturated/α-hetero) is 1. The average Bonchev–Trinajstić information content (AvgIpc) is 2.47. The number of carbonyl (C=O) groups excluding carboxylic acids is 2. The lowest BCUT2D eigenvalue weighted by Gasteiger charge is -2.12. The number of ketones is 1. The van der Waals surface area contributed by atoms with Crippen LogP contribution < -0.4 is 0 Å². The van der Waals surface area contributed by atoms with Crippen molar-refractivity contribution >= 4 is 23.4 Å². The topological polar surface area (TPSA) is 43.4 Å². The molecule has 0 amide bonds. The summed E-state index contributed by atoms with van der Waals surface area (Å²) in [6.45, 7) is 3.51. The number of rotatable bonds is 4. The van der Waals surface area contributed by atoms with E-state index in [1.54, 1.807) is 43.3 Å². The van der Waals surface area contributed by atoms with Crippen molar-refractivity contribution in [3.05, 3.63) is 70.2 Å². The lowest BCUT2D eigenvalue weighted by atomic mass is 10.1. The molecule has 0 fully saturated rings. The highest BCUT2D eigenvalue weighted by atomic mass is 35.5. The summed E-state index contributed by atoms with van der Waals surface area (Å²) in [5.41, 5.74) is 1.96. The fourth-order valence-electron chi connectivity index (χ4n) is 1.82. The molecule has 0 aliphatic heterocycles. The molecule has 0 N–H and O–H groups in total. The molecule has 2 rings (SSSR count). The number of benzene rings is 2. The first-order valence-electron chi connectivity index (χ1n) is 6.55. The third-order valence-electron chi connectivity index (χ3n) is 3.07. The number of esters is 1. The van der Waals surface area contributed by atoms with Crippen LogP contribution in [0.15, 0.2) is 48.5 Å². The second-order valence-electron chi connectivity index (χ2n) is 4.78. The minimum absolute atomic E-state index is 0.225. The quantitative estimate of drug-likeness (QED) is 0.631. The van der Waals surface area contributed by atoms with E-state index in [9.17, 15) is 9.59 Å². The summed E-state index contributed by atoms with van der Waals surface area (Å²) in [6, 6.07) is 13.5. The number of halogens is 1. The first-order valence-corrected chi connectivity index (χ1v) is 6.92. The number of carbonyl (C=O) groups is 2. The van der Waals surface area contributed by atoms with Gasteiger partial charge in [-0.1, -0.05) is 41.4 Å². The van der Waals surface area contributed by atoms with Crippen LogP contribution in [0.25, 0.3) is 0 Å². The molecule has 108 valence electrons. The standard InChI is InChI=1S/C17H15ClO3/c1-11-3-5-13(6-4-11)16(19)12(2)21-17(20)14-7-9-15(18)10-8-14/h3-10,12H,1-2H3/t12-/m0/s1. The predicted molar refractivity (Wildman–Crippen MR) is 81.8 cm³/mol. The van der Waals surface area contributed by atoms with E-state index in [2.05, 4.69) is 0 Å². The lowest BCUT2D eigenvalue weighted by Crippen LogP contribution is -2.24. The monoisotopic (exact) mass is 302 g/mol. The third kappa shape index (κ3) is 3.92. The van der Waals surface area contributed by atoms with E-state index in [4.69, 9.17) is 16.3 Å². The van der Waals surface area contributed by atoms with E-state index in [0.717, 1.165) is 5.56 Å². The molecule has 3 nitrogen and oxygen atoms in total. The lowest BCUT2D eigenvalue weighted by molar-refractivity contribution is 0.0319. The van der Waals surface area contributed by atoms with Crippen molar-refractivity contribution in [1.29, 1.82) is 0 Å². The molecule has 0 heterocycles. The van der Waals surface area contributed by atoms with E-state index in [-0.39, 0.29) is 5.78 Å². The van der Waals surface area contributed by atoms with E-state index in [1.165, 1.54) is 0 Å². The van der Waals surface area contributed by atoms with Gasteiger partial charge in [0.05, 0.1) is 5.56 Å². The van der Waals surface area contributed by atoms with E-state index in [0.29, 0.717) is 16.1 Å². The van der Waals surface area contributed by atoms with Crippen LogP contribution in [0.3, 0.4) is 0 Å². The van der Waals surface area contributed by atoms with Crippen molar-refractivity contribution in [1.82, 2.24) is 0 Å². The van der Waals surface area contributed by atoms with Crippen LogP contribution in [0.1, 0.15) is 33.2 Å². The Morgan fingerprint density at radius 3 is 2.05 bits per heavy atom. The number of aryl methyl sites for hydroxylation is 1. The summed E-state index contributed by atoms with van der Waals surface area (Å²) in [6.07, 6.45) is -0.837.